The van der Waals surface area contributed by atoms with Crippen molar-refractivity contribution in [3.8, 4) is 0 Å². The summed E-state index contributed by atoms with van der Waals surface area (Å²) in [5.74, 6) is -0.545. The monoisotopic (exact) mass is 770 g/mol. The highest BCUT2D eigenvalue weighted by Gasteiger charge is 2.24. The Labute approximate surface area is 339 Å². The first-order valence-corrected chi connectivity index (χ1v) is 23.0. The molecule has 0 aliphatic rings. The number of hydrogen-bond acceptors (Lipinski definition) is 5. The molecule has 0 bridgehead atoms. The fourth-order valence-electron chi connectivity index (χ4n) is 6.60. The molecule has 0 aromatic heterocycles. The number of rotatable bonds is 40. The summed E-state index contributed by atoms with van der Waals surface area (Å²) < 4.78 is 5.86. The molecule has 0 aromatic carbocycles. The number of ether oxygens (including phenoxy) is 1. The molecule has 1 amide bonds. The van der Waals surface area contributed by atoms with E-state index in [1.54, 1.807) is 0 Å². The number of carbonyl (C=O) groups is 2. The summed E-state index contributed by atoms with van der Waals surface area (Å²) in [7, 11) is 0. The Hall–Kier alpha value is -2.44. The molecule has 0 aliphatic carbocycles. The number of aliphatic hydroxyl groups excluding tert-OH is 2. The van der Waals surface area contributed by atoms with Gasteiger partial charge in [-0.3, -0.25) is 9.59 Å². The van der Waals surface area contributed by atoms with Gasteiger partial charge in [-0.2, -0.15) is 0 Å². The van der Waals surface area contributed by atoms with Crippen LogP contribution in [0.25, 0.3) is 0 Å². The highest BCUT2D eigenvalue weighted by atomic mass is 16.5. The zero-order valence-electron chi connectivity index (χ0n) is 36.0. The van der Waals surface area contributed by atoms with Crippen LogP contribution in [-0.2, 0) is 14.3 Å². The summed E-state index contributed by atoms with van der Waals surface area (Å²) in [6, 6.07) is -0.719. The average molecular weight is 770 g/mol. The highest BCUT2D eigenvalue weighted by Crippen LogP contribution is 2.16. The van der Waals surface area contributed by atoms with Crippen molar-refractivity contribution in [3.05, 3.63) is 60.8 Å². The van der Waals surface area contributed by atoms with Crippen molar-refractivity contribution in [1.82, 2.24) is 5.32 Å². The molecule has 0 spiro atoms. The third kappa shape index (κ3) is 38.2. The van der Waals surface area contributed by atoms with Gasteiger partial charge in [-0.15, -0.1) is 0 Å². The van der Waals surface area contributed by atoms with E-state index < -0.39 is 18.2 Å². The molecular formula is C49H87NO5. The molecule has 0 aromatic rings. The van der Waals surface area contributed by atoms with Gasteiger partial charge in [-0.05, 0) is 77.0 Å². The number of unbranched alkanes of at least 4 members (excludes halogenated alkanes) is 18. The maximum atomic E-state index is 13.1. The number of amides is 1. The van der Waals surface area contributed by atoms with E-state index in [9.17, 15) is 19.8 Å². The van der Waals surface area contributed by atoms with E-state index in [-0.39, 0.29) is 24.9 Å². The Kier molecular flexibility index (Phi) is 40.8. The van der Waals surface area contributed by atoms with Gasteiger partial charge < -0.3 is 20.3 Å². The van der Waals surface area contributed by atoms with Crippen LogP contribution in [-0.4, -0.2) is 46.9 Å². The Morgan fingerprint density at radius 1 is 0.545 bits per heavy atom. The second kappa shape index (κ2) is 42.7. The van der Waals surface area contributed by atoms with Crippen LogP contribution in [0.15, 0.2) is 60.8 Å². The largest absolute Gasteiger partial charge is 0.462 e. The van der Waals surface area contributed by atoms with Crippen LogP contribution >= 0.6 is 0 Å². The first kappa shape index (κ1) is 52.6. The van der Waals surface area contributed by atoms with Gasteiger partial charge in [0.2, 0.25) is 5.91 Å². The van der Waals surface area contributed by atoms with E-state index in [0.29, 0.717) is 19.3 Å². The maximum Gasteiger partial charge on any atom is 0.306 e. The molecule has 0 saturated carbocycles. The quantitative estimate of drug-likeness (QED) is 0.0328. The molecule has 6 nitrogen and oxygen atoms in total. The van der Waals surface area contributed by atoms with E-state index in [0.717, 1.165) is 89.9 Å². The lowest BCUT2D eigenvalue weighted by atomic mass is 10.0. The van der Waals surface area contributed by atoms with Crippen molar-refractivity contribution >= 4 is 11.9 Å². The van der Waals surface area contributed by atoms with Crippen LogP contribution in [0.4, 0.5) is 0 Å². The second-order valence-electron chi connectivity index (χ2n) is 15.4. The summed E-state index contributed by atoms with van der Waals surface area (Å²) in [6.07, 6.45) is 51.4. The molecule has 0 fully saturated rings. The number of aliphatic hydroxyl groups is 2. The smallest absolute Gasteiger partial charge is 0.306 e. The Morgan fingerprint density at radius 2 is 1.04 bits per heavy atom. The van der Waals surface area contributed by atoms with E-state index in [1.807, 2.05) is 0 Å². The van der Waals surface area contributed by atoms with Gasteiger partial charge in [0.25, 0.3) is 0 Å². The summed E-state index contributed by atoms with van der Waals surface area (Å²) in [4.78, 5) is 25.9. The molecule has 0 rings (SSSR count). The molecule has 3 N–H and O–H groups in total. The first-order valence-electron chi connectivity index (χ1n) is 23.0. The third-order valence-electron chi connectivity index (χ3n) is 10.1. The van der Waals surface area contributed by atoms with Crippen molar-refractivity contribution in [2.24, 2.45) is 0 Å². The fourth-order valence-corrected chi connectivity index (χ4v) is 6.60. The van der Waals surface area contributed by atoms with Crippen molar-refractivity contribution in [2.75, 3.05) is 6.61 Å². The van der Waals surface area contributed by atoms with E-state index in [1.165, 1.54) is 77.0 Å². The third-order valence-corrected chi connectivity index (χ3v) is 10.1. The zero-order chi connectivity index (χ0) is 40.3. The van der Waals surface area contributed by atoms with Crippen molar-refractivity contribution in [2.45, 2.75) is 232 Å². The molecular weight excluding hydrogens is 683 g/mol. The molecule has 3 unspecified atom stereocenters. The predicted octanol–water partition coefficient (Wildman–Crippen LogP) is 13.3. The van der Waals surface area contributed by atoms with Gasteiger partial charge >= 0.3 is 5.97 Å². The number of allylic oxidation sites excluding steroid dienone is 10. The summed E-state index contributed by atoms with van der Waals surface area (Å²) in [5.41, 5.74) is 0. The summed E-state index contributed by atoms with van der Waals surface area (Å²) in [6.45, 7) is 6.27. The standard InChI is InChI=1S/C49H87NO5/c1-4-7-10-13-16-19-22-24-25-26-28-31-34-37-40-45(55-49(54)42-39-36-33-30-21-18-15-12-9-6-3)43-48(53)50-46(44-51)47(52)41-38-35-32-29-27-23-20-17-14-11-8-5-2/h7,10,12,15-16,19,24-25,28,31,45-47,51-52H,4-6,8-9,11,13-14,17-18,20-23,26-27,29-30,32-44H2,1-3H3,(H,50,53)/b10-7+,15-12-,19-16+,25-24+,31-28+. The normalized spacial score (nSPS) is 13.9. The lowest BCUT2D eigenvalue weighted by Crippen LogP contribution is -2.46. The molecule has 318 valence electrons. The van der Waals surface area contributed by atoms with Crippen LogP contribution in [0, 0.1) is 0 Å². The van der Waals surface area contributed by atoms with Gasteiger partial charge in [0.15, 0.2) is 0 Å². The molecule has 0 heterocycles. The van der Waals surface area contributed by atoms with E-state index in [2.05, 4.69) is 86.8 Å². The van der Waals surface area contributed by atoms with E-state index in [4.69, 9.17) is 4.74 Å². The molecule has 6 heteroatoms. The van der Waals surface area contributed by atoms with Crippen molar-refractivity contribution < 1.29 is 24.5 Å². The minimum atomic E-state index is -0.802. The SMILES string of the molecule is CC/C=C/C/C=C/C/C=C/C/C=C/CCCC(CC(=O)NC(CO)C(O)CCCCCCCCCCCCCC)OC(=O)CCCCCCC/C=C\CCC. The Balaban J connectivity index is 4.70. The first-order chi connectivity index (χ1) is 27.0. The molecule has 55 heavy (non-hydrogen) atoms. The minimum Gasteiger partial charge on any atom is -0.462 e. The highest BCUT2D eigenvalue weighted by molar-refractivity contribution is 5.77. The van der Waals surface area contributed by atoms with Crippen LogP contribution < -0.4 is 5.32 Å². The second-order valence-corrected chi connectivity index (χ2v) is 15.4. The van der Waals surface area contributed by atoms with Gasteiger partial charge in [0.1, 0.15) is 6.10 Å². The predicted molar refractivity (Wildman–Crippen MR) is 236 cm³/mol. The van der Waals surface area contributed by atoms with E-state index >= 15 is 0 Å². The van der Waals surface area contributed by atoms with Crippen molar-refractivity contribution in [3.63, 3.8) is 0 Å². The van der Waals surface area contributed by atoms with Gasteiger partial charge in [0, 0.05) is 6.42 Å². The maximum absolute atomic E-state index is 13.1. The summed E-state index contributed by atoms with van der Waals surface area (Å²) in [5, 5.41) is 23.6. The average Bonchev–Trinajstić information content (AvgIpc) is 3.18. The van der Waals surface area contributed by atoms with Crippen LogP contribution in [0.1, 0.15) is 213 Å². The van der Waals surface area contributed by atoms with Crippen molar-refractivity contribution in [1.29, 1.82) is 0 Å². The number of hydrogen-bond donors (Lipinski definition) is 3. The Morgan fingerprint density at radius 3 is 1.62 bits per heavy atom. The van der Waals surface area contributed by atoms with Crippen LogP contribution in [0.3, 0.4) is 0 Å². The number of carbonyl (C=O) groups excluding carboxylic acids is 2. The number of esters is 1. The molecule has 0 saturated heterocycles. The van der Waals surface area contributed by atoms with Crippen LogP contribution in [0.5, 0.6) is 0 Å². The lowest BCUT2D eigenvalue weighted by molar-refractivity contribution is -0.151. The molecule has 0 aliphatic heterocycles. The molecule has 0 radical (unpaired) electrons. The fraction of sp³-hybridized carbons (Fsp3) is 0.755. The Bertz CT molecular complexity index is 999. The van der Waals surface area contributed by atoms with Crippen LogP contribution in [0.2, 0.25) is 0 Å². The van der Waals surface area contributed by atoms with Gasteiger partial charge in [-0.1, -0.05) is 184 Å². The lowest BCUT2D eigenvalue weighted by Gasteiger charge is -2.24. The zero-order valence-corrected chi connectivity index (χ0v) is 36.0. The molecule has 3 atom stereocenters. The summed E-state index contributed by atoms with van der Waals surface area (Å²) >= 11 is 0. The minimum absolute atomic E-state index is 0.0350. The van der Waals surface area contributed by atoms with Gasteiger partial charge in [-0.25, -0.2) is 0 Å². The number of nitrogens with one attached hydrogen (secondary N) is 1. The van der Waals surface area contributed by atoms with Gasteiger partial charge in [0.05, 0.1) is 25.2 Å². The topological polar surface area (TPSA) is 95.9 Å².